The molecule has 2 aliphatic heterocycles. The smallest absolute Gasteiger partial charge is 0.295 e. The van der Waals surface area contributed by atoms with Crippen molar-refractivity contribution in [2.24, 2.45) is 4.99 Å². The molecule has 35 heavy (non-hydrogen) atoms. The molecule has 2 aromatic heterocycles. The van der Waals surface area contributed by atoms with Crippen molar-refractivity contribution < 1.29 is 4.74 Å². The van der Waals surface area contributed by atoms with E-state index in [9.17, 15) is 0 Å². The maximum Gasteiger partial charge on any atom is 0.295 e. The zero-order valence-electron chi connectivity index (χ0n) is 19.6. The number of para-hydroxylation sites is 1. The summed E-state index contributed by atoms with van der Waals surface area (Å²) in [6.07, 6.45) is 7.44. The molecule has 0 saturated carbocycles. The number of halogens is 1. The average molecular weight is 511 g/mol. The van der Waals surface area contributed by atoms with Gasteiger partial charge in [0.05, 0.1) is 28.0 Å². The monoisotopic (exact) mass is 510 g/mol. The Morgan fingerprint density at radius 1 is 1.11 bits per heavy atom. The Hall–Kier alpha value is -3.05. The van der Waals surface area contributed by atoms with E-state index in [4.69, 9.17) is 16.3 Å². The second-order valence-corrected chi connectivity index (χ2v) is 10.0. The Kier molecular flexibility index (Phi) is 7.24. The molecular weight excluding hydrogens is 484 g/mol. The molecule has 5 rings (SSSR count). The van der Waals surface area contributed by atoms with Crippen LogP contribution in [-0.2, 0) is 6.54 Å². The number of aromatic nitrogens is 3. The lowest BCUT2D eigenvalue weighted by molar-refractivity contribution is 0.147. The predicted octanol–water partition coefficient (Wildman–Crippen LogP) is 4.06. The van der Waals surface area contributed by atoms with E-state index in [0.717, 1.165) is 54.1 Å². The van der Waals surface area contributed by atoms with Gasteiger partial charge in [-0.25, -0.2) is 15.0 Å². The Bertz CT molecular complexity index is 1220. The Balaban J connectivity index is 1.22. The van der Waals surface area contributed by atoms with Crippen LogP contribution in [0.3, 0.4) is 0 Å². The van der Waals surface area contributed by atoms with Gasteiger partial charge in [-0.15, -0.1) is 0 Å². The number of likely N-dealkylation sites (N-methyl/N-ethyl adjacent to an activating group) is 1. The van der Waals surface area contributed by atoms with E-state index in [0.29, 0.717) is 22.6 Å². The van der Waals surface area contributed by atoms with Crippen molar-refractivity contribution in [3.8, 4) is 5.75 Å². The van der Waals surface area contributed by atoms with Crippen LogP contribution < -0.4 is 15.4 Å². The first kappa shape index (κ1) is 23.7. The highest BCUT2D eigenvalue weighted by atomic mass is 35.5. The maximum atomic E-state index is 6.22. The van der Waals surface area contributed by atoms with Gasteiger partial charge in [0.25, 0.3) is 6.02 Å². The predicted molar refractivity (Wildman–Crippen MR) is 139 cm³/mol. The van der Waals surface area contributed by atoms with Crippen LogP contribution in [0.1, 0.15) is 23.5 Å². The minimum absolute atomic E-state index is 0.209. The lowest BCUT2D eigenvalue weighted by Crippen LogP contribution is -2.44. The summed E-state index contributed by atoms with van der Waals surface area (Å²) >= 11 is 7.74. The Labute approximate surface area is 213 Å². The van der Waals surface area contributed by atoms with E-state index in [-0.39, 0.29) is 6.04 Å². The van der Waals surface area contributed by atoms with Crippen LogP contribution in [0.2, 0.25) is 5.02 Å². The van der Waals surface area contributed by atoms with E-state index in [2.05, 4.69) is 47.4 Å². The summed E-state index contributed by atoms with van der Waals surface area (Å²) in [7, 11) is 2.16. The topological polar surface area (TPSA) is 90.8 Å². The molecule has 1 saturated heterocycles. The molecule has 11 heteroatoms. The molecule has 0 aliphatic carbocycles. The summed E-state index contributed by atoms with van der Waals surface area (Å²) in [5, 5.41) is 7.66. The zero-order chi connectivity index (χ0) is 24.2. The fourth-order valence-electron chi connectivity index (χ4n) is 3.80. The molecule has 1 unspecified atom stereocenters. The van der Waals surface area contributed by atoms with E-state index < -0.39 is 0 Å². The van der Waals surface area contributed by atoms with Gasteiger partial charge in [0.1, 0.15) is 11.8 Å². The number of hydrogen-bond donors (Lipinski definition) is 2. The fraction of sp³-hybridized carbons (Fsp3) is 0.333. The van der Waals surface area contributed by atoms with E-state index in [1.807, 2.05) is 37.5 Å². The summed E-state index contributed by atoms with van der Waals surface area (Å²) in [5.41, 5.74) is 1.91. The number of ether oxygens (including phenoxy) is 1. The van der Waals surface area contributed by atoms with Crippen molar-refractivity contribution >= 4 is 39.9 Å². The van der Waals surface area contributed by atoms with Gasteiger partial charge in [-0.3, -0.25) is 9.88 Å². The van der Waals surface area contributed by atoms with Gasteiger partial charge in [0.2, 0.25) is 0 Å². The van der Waals surface area contributed by atoms with Crippen LogP contribution in [0.5, 0.6) is 5.75 Å². The molecule has 2 aliphatic rings. The number of piperazine rings is 1. The van der Waals surface area contributed by atoms with Crippen molar-refractivity contribution in [1.29, 1.82) is 0 Å². The van der Waals surface area contributed by atoms with Gasteiger partial charge in [-0.05, 0) is 32.2 Å². The first-order valence-electron chi connectivity index (χ1n) is 11.4. The third-order valence-electron chi connectivity index (χ3n) is 5.75. The molecule has 1 atom stereocenters. The normalized spacial score (nSPS) is 19.0. The minimum Gasteiger partial charge on any atom is -0.424 e. The molecule has 0 bridgehead atoms. The van der Waals surface area contributed by atoms with Crippen molar-refractivity contribution in [1.82, 2.24) is 30.1 Å². The van der Waals surface area contributed by atoms with Crippen LogP contribution in [0.4, 0.5) is 10.9 Å². The molecule has 1 aromatic carbocycles. The molecule has 0 amide bonds. The molecule has 3 aromatic rings. The van der Waals surface area contributed by atoms with Crippen molar-refractivity contribution in [3.63, 3.8) is 0 Å². The summed E-state index contributed by atoms with van der Waals surface area (Å²) in [6.45, 7) is 7.07. The van der Waals surface area contributed by atoms with Crippen LogP contribution in [0.15, 0.2) is 59.6 Å². The molecule has 0 radical (unpaired) electrons. The van der Waals surface area contributed by atoms with E-state index in [1.165, 1.54) is 11.3 Å². The number of hydrogen-bond acceptors (Lipinski definition) is 10. The van der Waals surface area contributed by atoms with Gasteiger partial charge in [-0.2, -0.15) is 0 Å². The zero-order valence-corrected chi connectivity index (χ0v) is 21.2. The Morgan fingerprint density at radius 3 is 2.71 bits per heavy atom. The fourth-order valence-corrected chi connectivity index (χ4v) is 4.80. The number of allylic oxidation sites excluding steroid dienone is 1. The van der Waals surface area contributed by atoms with Crippen LogP contribution >= 0.6 is 22.9 Å². The first-order chi connectivity index (χ1) is 17.0. The highest BCUT2D eigenvalue weighted by Gasteiger charge is 2.20. The van der Waals surface area contributed by atoms with Crippen LogP contribution in [-0.4, -0.2) is 64.0 Å². The number of benzene rings is 1. The Morgan fingerprint density at radius 2 is 1.94 bits per heavy atom. The molecule has 9 nitrogen and oxygen atoms in total. The second-order valence-electron chi connectivity index (χ2n) is 8.55. The third-order valence-corrected chi connectivity index (χ3v) is 7.04. The summed E-state index contributed by atoms with van der Waals surface area (Å²) in [5.74, 6) is 1.21. The van der Waals surface area contributed by atoms with Crippen molar-refractivity contribution in [2.45, 2.75) is 19.5 Å². The standard InChI is InChI=1S/C24H27ClN8OS/c1-16-11-19(30-23(29-16)34-20-6-4-3-5-18(20)25)21-13-28-24(35-21)31-22-14-26-17(12-27-22)15-33-9-7-32(2)8-10-33/h3-6,11-14,19H,7-10,15H2,1-2H3,(H,29,30)(H,27,28,31). The van der Waals surface area contributed by atoms with Crippen LogP contribution in [0, 0.1) is 0 Å². The average Bonchev–Trinajstić information content (AvgIpc) is 3.32. The quantitative estimate of drug-likeness (QED) is 0.513. The second kappa shape index (κ2) is 10.7. The molecule has 182 valence electrons. The summed E-state index contributed by atoms with van der Waals surface area (Å²) in [4.78, 5) is 24.0. The van der Waals surface area contributed by atoms with Gasteiger partial charge < -0.3 is 20.3 Å². The van der Waals surface area contributed by atoms with Gasteiger partial charge in [0, 0.05) is 44.6 Å². The van der Waals surface area contributed by atoms with E-state index >= 15 is 0 Å². The van der Waals surface area contributed by atoms with Crippen molar-refractivity contribution in [2.75, 3.05) is 38.5 Å². The number of aliphatic imine (C=N–C) groups is 1. The number of amidine groups is 1. The lowest BCUT2D eigenvalue weighted by atomic mass is 10.2. The van der Waals surface area contributed by atoms with E-state index in [1.54, 1.807) is 18.3 Å². The molecule has 2 N–H and O–H groups in total. The van der Waals surface area contributed by atoms with Crippen LogP contribution in [0.25, 0.3) is 0 Å². The first-order valence-corrected chi connectivity index (χ1v) is 12.6. The summed E-state index contributed by atoms with van der Waals surface area (Å²) in [6, 6.07) is 7.50. The van der Waals surface area contributed by atoms with Gasteiger partial charge >= 0.3 is 0 Å². The number of thiazole rings is 1. The number of nitrogens with zero attached hydrogens (tertiary/aromatic N) is 6. The third kappa shape index (κ3) is 6.15. The number of rotatable bonds is 6. The SMILES string of the molecule is CC1=CC(c2cnc(Nc3cnc(CN4CCN(C)CC4)cn3)s2)N=C(Oc2ccccc2Cl)N1. The van der Waals surface area contributed by atoms with Gasteiger partial charge in [-0.1, -0.05) is 35.1 Å². The number of anilines is 2. The largest absolute Gasteiger partial charge is 0.424 e. The van der Waals surface area contributed by atoms with Gasteiger partial charge in [0.15, 0.2) is 10.9 Å². The highest BCUT2D eigenvalue weighted by Crippen LogP contribution is 2.32. The molecular formula is C24H27ClN8OS. The van der Waals surface area contributed by atoms with Crippen molar-refractivity contribution in [3.05, 3.63) is 70.2 Å². The summed E-state index contributed by atoms with van der Waals surface area (Å²) < 4.78 is 5.89. The lowest BCUT2D eigenvalue weighted by Gasteiger charge is -2.31. The molecule has 4 heterocycles. The number of nitrogens with one attached hydrogen (secondary N) is 2. The molecule has 1 fully saturated rings. The maximum absolute atomic E-state index is 6.22. The highest BCUT2D eigenvalue weighted by molar-refractivity contribution is 7.15. The molecule has 0 spiro atoms. The minimum atomic E-state index is -0.209.